The van der Waals surface area contributed by atoms with E-state index in [1.165, 1.54) is 12.8 Å². The number of hydrogen-bond acceptors (Lipinski definition) is 4. The van der Waals surface area contributed by atoms with E-state index in [-0.39, 0.29) is 17.9 Å². The van der Waals surface area contributed by atoms with Crippen molar-refractivity contribution >= 4 is 17.5 Å². The maximum Gasteiger partial charge on any atom is 0.238 e. The van der Waals surface area contributed by atoms with E-state index in [0.717, 1.165) is 49.4 Å². The first-order valence-corrected chi connectivity index (χ1v) is 11.9. The summed E-state index contributed by atoms with van der Waals surface area (Å²) in [4.78, 5) is 29.8. The summed E-state index contributed by atoms with van der Waals surface area (Å²) < 4.78 is 0. The molecule has 2 amide bonds. The van der Waals surface area contributed by atoms with Gasteiger partial charge in [-0.2, -0.15) is 0 Å². The first kappa shape index (κ1) is 23.7. The molecule has 0 bridgehead atoms. The number of piperazine rings is 1. The highest BCUT2D eigenvalue weighted by atomic mass is 16.2. The van der Waals surface area contributed by atoms with Crippen LogP contribution < -0.4 is 10.6 Å². The lowest BCUT2D eigenvalue weighted by atomic mass is 9.78. The molecule has 0 unspecified atom stereocenters. The lowest BCUT2D eigenvalue weighted by Crippen LogP contribution is -2.56. The minimum absolute atomic E-state index is 0.0250. The Labute approximate surface area is 187 Å². The zero-order valence-corrected chi connectivity index (χ0v) is 19.9. The van der Waals surface area contributed by atoms with Crippen LogP contribution in [0.4, 0.5) is 5.69 Å². The Hall–Kier alpha value is -1.92. The van der Waals surface area contributed by atoms with E-state index in [0.29, 0.717) is 24.4 Å². The van der Waals surface area contributed by atoms with Crippen LogP contribution in [0.2, 0.25) is 0 Å². The van der Waals surface area contributed by atoms with Crippen molar-refractivity contribution in [1.82, 2.24) is 15.1 Å². The second-order valence-corrected chi connectivity index (χ2v) is 9.69. The molecule has 0 spiro atoms. The van der Waals surface area contributed by atoms with E-state index in [4.69, 9.17) is 0 Å². The Morgan fingerprint density at radius 2 is 1.71 bits per heavy atom. The zero-order valence-electron chi connectivity index (χ0n) is 19.9. The molecule has 1 aliphatic heterocycles. The number of carbonyl (C=O) groups excluding carboxylic acids is 2. The van der Waals surface area contributed by atoms with Crippen molar-refractivity contribution in [1.29, 1.82) is 0 Å². The van der Waals surface area contributed by atoms with Crippen LogP contribution >= 0.6 is 0 Å². The molecule has 1 aromatic rings. The van der Waals surface area contributed by atoms with Gasteiger partial charge in [0, 0.05) is 37.9 Å². The average molecular weight is 429 g/mol. The minimum Gasteiger partial charge on any atom is -0.352 e. The van der Waals surface area contributed by atoms with Crippen LogP contribution in [-0.2, 0) is 9.59 Å². The Bertz CT molecular complexity index is 753. The molecular weight excluding hydrogens is 388 g/mol. The fourth-order valence-electron chi connectivity index (χ4n) is 4.96. The third kappa shape index (κ3) is 6.07. The first-order chi connectivity index (χ1) is 14.8. The van der Waals surface area contributed by atoms with Gasteiger partial charge >= 0.3 is 0 Å². The maximum atomic E-state index is 12.9. The Morgan fingerprint density at radius 1 is 1.06 bits per heavy atom. The summed E-state index contributed by atoms with van der Waals surface area (Å²) in [5.74, 6) is 1.38. The number of para-hydroxylation sites is 1. The summed E-state index contributed by atoms with van der Waals surface area (Å²) in [5, 5.41) is 6.39. The summed E-state index contributed by atoms with van der Waals surface area (Å²) >= 11 is 0. The summed E-state index contributed by atoms with van der Waals surface area (Å²) in [5.41, 5.74) is 3.09. The second kappa shape index (κ2) is 10.6. The molecule has 6 heteroatoms. The lowest BCUT2D eigenvalue weighted by molar-refractivity contribution is -0.128. The summed E-state index contributed by atoms with van der Waals surface area (Å²) in [6, 6.07) is 6.21. The van der Waals surface area contributed by atoms with Crippen LogP contribution in [0, 0.1) is 25.7 Å². The van der Waals surface area contributed by atoms with Crippen LogP contribution in [0.15, 0.2) is 18.2 Å². The lowest BCUT2D eigenvalue weighted by Gasteiger charge is -2.39. The Morgan fingerprint density at radius 3 is 2.35 bits per heavy atom. The van der Waals surface area contributed by atoms with Gasteiger partial charge < -0.3 is 10.6 Å². The van der Waals surface area contributed by atoms with Gasteiger partial charge in [0.15, 0.2) is 0 Å². The predicted molar refractivity (Wildman–Crippen MR) is 126 cm³/mol. The topological polar surface area (TPSA) is 64.7 Å². The summed E-state index contributed by atoms with van der Waals surface area (Å²) in [7, 11) is 0. The zero-order chi connectivity index (χ0) is 22.5. The third-order valence-corrected chi connectivity index (χ3v) is 7.48. The van der Waals surface area contributed by atoms with Gasteiger partial charge in [0.25, 0.3) is 0 Å². The van der Waals surface area contributed by atoms with Crippen LogP contribution in [0.3, 0.4) is 0 Å². The van der Waals surface area contributed by atoms with Crippen molar-refractivity contribution in [3.05, 3.63) is 29.3 Å². The predicted octanol–water partition coefficient (Wildman–Crippen LogP) is 3.19. The molecule has 0 radical (unpaired) electrons. The van der Waals surface area contributed by atoms with E-state index in [1.54, 1.807) is 0 Å². The van der Waals surface area contributed by atoms with Crippen LogP contribution in [-0.4, -0.2) is 66.4 Å². The molecule has 1 aromatic carbocycles. The van der Waals surface area contributed by atoms with Gasteiger partial charge in [-0.15, -0.1) is 0 Å². The fourth-order valence-corrected chi connectivity index (χ4v) is 4.96. The number of amides is 2. The highest BCUT2D eigenvalue weighted by Crippen LogP contribution is 2.29. The molecule has 6 nitrogen and oxygen atoms in total. The fraction of sp³-hybridized carbons (Fsp3) is 0.680. The number of hydrogen-bond donors (Lipinski definition) is 2. The average Bonchev–Trinajstić information content (AvgIpc) is 2.74. The standard InChI is InChI=1S/C25H40N4O2/c1-17-8-7-11-22(20(17)4)26-25(31)21(5)29-14-12-28(13-15-29)16-23(30)27-24-18(2)9-6-10-19(24)3/h6,9-10,17,20-22H,7-8,11-16H2,1-5H3,(H,26,31)(H,27,30)/t17-,20-,21-,22+/m0/s1. The molecule has 1 aliphatic carbocycles. The molecule has 172 valence electrons. The SMILES string of the molecule is Cc1cccc(C)c1NC(=O)CN1CCN([C@@H](C)C(=O)N[C@@H]2CCC[C@H](C)[C@@H]2C)CC1. The molecule has 31 heavy (non-hydrogen) atoms. The maximum absolute atomic E-state index is 12.9. The van der Waals surface area contributed by atoms with Crippen molar-refractivity contribution in [3.63, 3.8) is 0 Å². The number of rotatable bonds is 6. The molecule has 1 saturated heterocycles. The van der Waals surface area contributed by atoms with E-state index in [2.05, 4.69) is 34.3 Å². The molecule has 1 heterocycles. The van der Waals surface area contributed by atoms with Crippen molar-refractivity contribution in [3.8, 4) is 0 Å². The second-order valence-electron chi connectivity index (χ2n) is 9.69. The van der Waals surface area contributed by atoms with Crippen LogP contribution in [0.1, 0.15) is 51.2 Å². The normalized spacial score (nSPS) is 26.3. The molecule has 2 N–H and O–H groups in total. The van der Waals surface area contributed by atoms with Gasteiger partial charge in [-0.1, -0.05) is 44.9 Å². The van der Waals surface area contributed by atoms with Crippen LogP contribution in [0.5, 0.6) is 0 Å². The number of anilines is 1. The molecule has 0 aromatic heterocycles. The van der Waals surface area contributed by atoms with Crippen molar-refractivity contribution in [2.24, 2.45) is 11.8 Å². The van der Waals surface area contributed by atoms with Gasteiger partial charge in [0.05, 0.1) is 12.6 Å². The van der Waals surface area contributed by atoms with E-state index in [9.17, 15) is 9.59 Å². The highest BCUT2D eigenvalue weighted by molar-refractivity contribution is 5.93. The highest BCUT2D eigenvalue weighted by Gasteiger charge is 2.31. The Kier molecular flexibility index (Phi) is 8.11. The molecule has 3 rings (SSSR count). The van der Waals surface area contributed by atoms with E-state index >= 15 is 0 Å². The van der Waals surface area contributed by atoms with Crippen LogP contribution in [0.25, 0.3) is 0 Å². The Balaban J connectivity index is 1.44. The first-order valence-electron chi connectivity index (χ1n) is 11.9. The van der Waals surface area contributed by atoms with Gasteiger partial charge in [-0.3, -0.25) is 19.4 Å². The molecule has 1 saturated carbocycles. The third-order valence-electron chi connectivity index (χ3n) is 7.48. The monoisotopic (exact) mass is 428 g/mol. The van der Waals surface area contributed by atoms with Crippen molar-refractivity contribution in [2.75, 3.05) is 38.0 Å². The van der Waals surface area contributed by atoms with E-state index in [1.807, 2.05) is 39.0 Å². The van der Waals surface area contributed by atoms with Gasteiger partial charge in [0.2, 0.25) is 11.8 Å². The quantitative estimate of drug-likeness (QED) is 0.730. The van der Waals surface area contributed by atoms with Gasteiger partial charge in [-0.25, -0.2) is 0 Å². The number of benzene rings is 1. The number of aryl methyl sites for hydroxylation is 2. The van der Waals surface area contributed by atoms with Gasteiger partial charge in [-0.05, 0) is 50.2 Å². The van der Waals surface area contributed by atoms with Crippen molar-refractivity contribution < 1.29 is 9.59 Å². The molecule has 2 fully saturated rings. The number of nitrogens with one attached hydrogen (secondary N) is 2. The number of nitrogens with zero attached hydrogens (tertiary/aromatic N) is 2. The molecular formula is C25H40N4O2. The summed E-state index contributed by atoms with van der Waals surface area (Å²) in [6.45, 7) is 14.2. The van der Waals surface area contributed by atoms with Gasteiger partial charge in [0.1, 0.15) is 0 Å². The van der Waals surface area contributed by atoms with E-state index < -0.39 is 0 Å². The molecule has 4 atom stereocenters. The number of carbonyl (C=O) groups is 2. The minimum atomic E-state index is -0.130. The molecule has 2 aliphatic rings. The smallest absolute Gasteiger partial charge is 0.238 e. The summed E-state index contributed by atoms with van der Waals surface area (Å²) in [6.07, 6.45) is 3.56. The van der Waals surface area contributed by atoms with Crippen molar-refractivity contribution in [2.45, 2.75) is 66.0 Å². The largest absolute Gasteiger partial charge is 0.352 e.